The molecule has 0 atom stereocenters. The summed E-state index contributed by atoms with van der Waals surface area (Å²) in [4.78, 5) is 15.5. The molecule has 2 rings (SSSR count). The fraction of sp³-hybridized carbons (Fsp3) is 0.538. The van der Waals surface area contributed by atoms with E-state index in [1.165, 1.54) is 4.68 Å². The number of aryl methyl sites for hydroxylation is 2. The van der Waals surface area contributed by atoms with E-state index in [0.717, 1.165) is 11.5 Å². The highest BCUT2D eigenvalue weighted by atomic mass is 16.4. The number of oxazole rings is 1. The van der Waals surface area contributed by atoms with E-state index in [4.69, 9.17) is 4.42 Å². The number of aromatic carboxylic acids is 1. The van der Waals surface area contributed by atoms with Gasteiger partial charge in [0.2, 0.25) is 5.89 Å². The zero-order chi connectivity index (χ0) is 15.1. The summed E-state index contributed by atoms with van der Waals surface area (Å²) in [7, 11) is 0. The van der Waals surface area contributed by atoms with E-state index in [-0.39, 0.29) is 12.2 Å². The van der Waals surface area contributed by atoms with E-state index >= 15 is 0 Å². The molecule has 0 saturated carbocycles. The molecule has 0 amide bonds. The zero-order valence-corrected chi connectivity index (χ0v) is 12.3. The van der Waals surface area contributed by atoms with Crippen molar-refractivity contribution in [2.75, 3.05) is 0 Å². The molecule has 0 unspecified atom stereocenters. The van der Waals surface area contributed by atoms with Crippen LogP contribution in [0.4, 0.5) is 0 Å². The van der Waals surface area contributed by atoms with E-state index in [2.05, 4.69) is 15.3 Å². The van der Waals surface area contributed by atoms with Gasteiger partial charge in [-0.15, -0.1) is 5.10 Å². The van der Waals surface area contributed by atoms with Crippen LogP contribution in [0.1, 0.15) is 54.3 Å². The van der Waals surface area contributed by atoms with Gasteiger partial charge in [0, 0.05) is 5.41 Å². The number of aromatic nitrogens is 4. The number of hydrogen-bond acceptors (Lipinski definition) is 5. The molecule has 0 spiro atoms. The van der Waals surface area contributed by atoms with Gasteiger partial charge in [0.15, 0.2) is 5.69 Å². The molecule has 0 aromatic carbocycles. The minimum atomic E-state index is -1.08. The normalized spacial score (nSPS) is 11.8. The highest BCUT2D eigenvalue weighted by molar-refractivity contribution is 5.86. The predicted octanol–water partition coefficient (Wildman–Crippen LogP) is 1.93. The summed E-state index contributed by atoms with van der Waals surface area (Å²) in [6, 6.07) is 0. The topological polar surface area (TPSA) is 94.0 Å². The maximum Gasteiger partial charge on any atom is 0.358 e. The van der Waals surface area contributed by atoms with Gasteiger partial charge in [-0.05, 0) is 13.8 Å². The molecule has 0 aliphatic carbocycles. The number of hydrogen-bond donors (Lipinski definition) is 1. The van der Waals surface area contributed by atoms with Gasteiger partial charge < -0.3 is 9.52 Å². The average molecular weight is 278 g/mol. The van der Waals surface area contributed by atoms with Crippen LogP contribution < -0.4 is 0 Å². The van der Waals surface area contributed by atoms with Crippen LogP contribution in [0.25, 0.3) is 0 Å². The molecule has 108 valence electrons. The Morgan fingerprint density at radius 2 is 2.00 bits per heavy atom. The van der Waals surface area contributed by atoms with Gasteiger partial charge in [0.25, 0.3) is 0 Å². The monoisotopic (exact) mass is 278 g/mol. The molecular formula is C13H18N4O3. The first-order valence-electron chi connectivity index (χ1n) is 6.30. The first-order valence-corrected chi connectivity index (χ1v) is 6.30. The van der Waals surface area contributed by atoms with Crippen molar-refractivity contribution in [2.24, 2.45) is 0 Å². The number of carbonyl (C=O) groups is 1. The van der Waals surface area contributed by atoms with Crippen LogP contribution in [0.5, 0.6) is 0 Å². The fourth-order valence-corrected chi connectivity index (χ4v) is 2.05. The Hall–Kier alpha value is -2.18. The highest BCUT2D eigenvalue weighted by Crippen LogP contribution is 2.25. The van der Waals surface area contributed by atoms with Crippen LogP contribution in [0.15, 0.2) is 4.42 Å². The molecule has 2 aromatic rings. The Morgan fingerprint density at radius 3 is 2.45 bits per heavy atom. The van der Waals surface area contributed by atoms with Crippen LogP contribution in [0.3, 0.4) is 0 Å². The summed E-state index contributed by atoms with van der Waals surface area (Å²) in [6.07, 6.45) is 0. The van der Waals surface area contributed by atoms with Gasteiger partial charge in [-0.3, -0.25) is 0 Å². The van der Waals surface area contributed by atoms with E-state index in [9.17, 15) is 9.90 Å². The predicted molar refractivity (Wildman–Crippen MR) is 70.8 cm³/mol. The minimum Gasteiger partial charge on any atom is -0.476 e. The number of carboxylic acids is 1. The maximum absolute atomic E-state index is 11.2. The second kappa shape index (κ2) is 4.73. The summed E-state index contributed by atoms with van der Waals surface area (Å²) in [5.41, 5.74) is 0.945. The van der Waals surface area contributed by atoms with Crippen LogP contribution >= 0.6 is 0 Å². The van der Waals surface area contributed by atoms with Crippen molar-refractivity contribution in [1.29, 1.82) is 0 Å². The lowest BCUT2D eigenvalue weighted by Crippen LogP contribution is -2.22. The molecule has 0 aliphatic rings. The van der Waals surface area contributed by atoms with E-state index < -0.39 is 11.4 Å². The molecule has 1 N–H and O–H groups in total. The van der Waals surface area contributed by atoms with Crippen LogP contribution in [0.2, 0.25) is 0 Å². The van der Waals surface area contributed by atoms with Crippen LogP contribution in [0, 0.1) is 13.8 Å². The molecule has 0 radical (unpaired) electrons. The SMILES string of the molecule is Cc1nc(Cn2nnc(C(=O)O)c2C(C)(C)C)oc1C. The van der Waals surface area contributed by atoms with Gasteiger partial charge in [-0.1, -0.05) is 26.0 Å². The van der Waals surface area contributed by atoms with Crippen LogP contribution in [-0.4, -0.2) is 31.1 Å². The molecule has 0 bridgehead atoms. The second-order valence-corrected chi connectivity index (χ2v) is 5.75. The lowest BCUT2D eigenvalue weighted by Gasteiger charge is -2.19. The average Bonchev–Trinajstić information content (AvgIpc) is 2.83. The third-order valence-corrected chi connectivity index (χ3v) is 3.01. The van der Waals surface area contributed by atoms with Gasteiger partial charge in [0.05, 0.1) is 11.4 Å². The Bertz CT molecular complexity index is 630. The molecule has 2 aromatic heterocycles. The third-order valence-electron chi connectivity index (χ3n) is 3.01. The van der Waals surface area contributed by atoms with E-state index in [1.807, 2.05) is 34.6 Å². The molecule has 0 aliphatic heterocycles. The first kappa shape index (κ1) is 14.2. The number of carboxylic acid groups (broad SMARTS) is 1. The molecule has 7 nitrogen and oxygen atoms in total. The van der Waals surface area contributed by atoms with Gasteiger partial charge in [-0.25, -0.2) is 14.5 Å². The van der Waals surface area contributed by atoms with Crippen molar-refractivity contribution in [1.82, 2.24) is 20.0 Å². The number of rotatable bonds is 3. The quantitative estimate of drug-likeness (QED) is 0.921. The highest BCUT2D eigenvalue weighted by Gasteiger charge is 2.29. The van der Waals surface area contributed by atoms with E-state index in [0.29, 0.717) is 11.6 Å². The van der Waals surface area contributed by atoms with Gasteiger partial charge in [-0.2, -0.15) is 0 Å². The largest absolute Gasteiger partial charge is 0.476 e. The van der Waals surface area contributed by atoms with Crippen molar-refractivity contribution in [3.8, 4) is 0 Å². The maximum atomic E-state index is 11.2. The Morgan fingerprint density at radius 1 is 1.35 bits per heavy atom. The third kappa shape index (κ3) is 2.56. The Labute approximate surface area is 116 Å². The fourth-order valence-electron chi connectivity index (χ4n) is 2.05. The summed E-state index contributed by atoms with van der Waals surface area (Å²) < 4.78 is 7.04. The molecule has 2 heterocycles. The lowest BCUT2D eigenvalue weighted by molar-refractivity contribution is 0.0687. The van der Waals surface area contributed by atoms with Crippen molar-refractivity contribution in [3.63, 3.8) is 0 Å². The van der Waals surface area contributed by atoms with Crippen molar-refractivity contribution in [3.05, 3.63) is 28.7 Å². The summed E-state index contributed by atoms with van der Waals surface area (Å²) >= 11 is 0. The Kier molecular flexibility index (Phi) is 3.37. The smallest absolute Gasteiger partial charge is 0.358 e. The van der Waals surface area contributed by atoms with Crippen LogP contribution in [-0.2, 0) is 12.0 Å². The Balaban J connectivity index is 2.44. The van der Waals surface area contributed by atoms with Crippen molar-refractivity contribution >= 4 is 5.97 Å². The van der Waals surface area contributed by atoms with Crippen molar-refractivity contribution < 1.29 is 14.3 Å². The minimum absolute atomic E-state index is 0.0301. The van der Waals surface area contributed by atoms with Gasteiger partial charge >= 0.3 is 5.97 Å². The van der Waals surface area contributed by atoms with Crippen molar-refractivity contribution in [2.45, 2.75) is 46.6 Å². The molecule has 0 saturated heterocycles. The standard InChI is InChI=1S/C13H18N4O3/c1-7-8(2)20-9(14-7)6-17-11(13(3,4)5)10(12(18)19)15-16-17/h6H2,1-5H3,(H,18,19). The van der Waals surface area contributed by atoms with Gasteiger partial charge in [0.1, 0.15) is 12.3 Å². The molecular weight excluding hydrogens is 260 g/mol. The summed E-state index contributed by atoms with van der Waals surface area (Å²) in [5, 5.41) is 16.9. The second-order valence-electron chi connectivity index (χ2n) is 5.75. The molecule has 0 fully saturated rings. The summed E-state index contributed by atoms with van der Waals surface area (Å²) in [5.74, 6) is 0.157. The first-order chi connectivity index (χ1) is 9.20. The zero-order valence-electron chi connectivity index (χ0n) is 12.3. The molecule has 7 heteroatoms. The summed E-state index contributed by atoms with van der Waals surface area (Å²) in [6.45, 7) is 9.71. The lowest BCUT2D eigenvalue weighted by atomic mass is 9.90. The van der Waals surface area contributed by atoms with E-state index in [1.54, 1.807) is 0 Å². The number of nitrogens with zero attached hydrogens (tertiary/aromatic N) is 4. The molecule has 20 heavy (non-hydrogen) atoms.